The SMILES string of the molecule is CC(=O)Nc1ccc(C)cc1S(=O)(=O)NCCC1CCN(C(=O)c2ccccc2)CC1. The van der Waals surface area contributed by atoms with E-state index < -0.39 is 10.0 Å². The van der Waals surface area contributed by atoms with Crippen molar-refractivity contribution in [2.24, 2.45) is 5.92 Å². The van der Waals surface area contributed by atoms with E-state index >= 15 is 0 Å². The first kappa shape index (κ1) is 23.0. The number of anilines is 1. The lowest BCUT2D eigenvalue weighted by atomic mass is 9.93. The summed E-state index contributed by atoms with van der Waals surface area (Å²) in [6.07, 6.45) is 2.40. The number of nitrogens with one attached hydrogen (secondary N) is 2. The fourth-order valence-electron chi connectivity index (χ4n) is 3.81. The molecule has 2 aromatic rings. The van der Waals surface area contributed by atoms with Gasteiger partial charge in [-0.2, -0.15) is 0 Å². The lowest BCUT2D eigenvalue weighted by Crippen LogP contribution is -2.39. The van der Waals surface area contributed by atoms with E-state index in [0.29, 0.717) is 37.5 Å². The number of carbonyl (C=O) groups is 2. The molecule has 3 rings (SSSR count). The predicted octanol–water partition coefficient (Wildman–Crippen LogP) is 3.17. The van der Waals surface area contributed by atoms with E-state index in [0.717, 1.165) is 18.4 Å². The molecular weight excluding hydrogens is 414 g/mol. The Morgan fingerprint density at radius 1 is 1.06 bits per heavy atom. The highest BCUT2D eigenvalue weighted by atomic mass is 32.2. The zero-order chi connectivity index (χ0) is 22.4. The van der Waals surface area contributed by atoms with Gasteiger partial charge >= 0.3 is 0 Å². The maximum absolute atomic E-state index is 12.8. The Balaban J connectivity index is 1.52. The van der Waals surface area contributed by atoms with Crippen molar-refractivity contribution in [1.82, 2.24) is 9.62 Å². The number of sulfonamides is 1. The van der Waals surface area contributed by atoms with E-state index in [1.165, 1.54) is 6.92 Å². The third kappa shape index (κ3) is 6.15. The van der Waals surface area contributed by atoms with Gasteiger partial charge in [-0.25, -0.2) is 13.1 Å². The van der Waals surface area contributed by atoms with Crippen molar-refractivity contribution in [3.63, 3.8) is 0 Å². The van der Waals surface area contributed by atoms with E-state index in [4.69, 9.17) is 0 Å². The summed E-state index contributed by atoms with van der Waals surface area (Å²) in [4.78, 5) is 25.9. The average Bonchev–Trinajstić information content (AvgIpc) is 2.75. The zero-order valence-corrected chi connectivity index (χ0v) is 18.7. The summed E-state index contributed by atoms with van der Waals surface area (Å²) in [5.41, 5.74) is 1.77. The summed E-state index contributed by atoms with van der Waals surface area (Å²) in [5, 5.41) is 2.58. The first-order valence-electron chi connectivity index (χ1n) is 10.5. The van der Waals surface area contributed by atoms with Crippen LogP contribution in [-0.4, -0.2) is 44.8 Å². The van der Waals surface area contributed by atoms with Gasteiger partial charge < -0.3 is 10.2 Å². The molecule has 7 nitrogen and oxygen atoms in total. The summed E-state index contributed by atoms with van der Waals surface area (Å²) in [5.74, 6) is 0.0802. The van der Waals surface area contributed by atoms with Crippen molar-refractivity contribution in [3.8, 4) is 0 Å². The molecule has 0 unspecified atom stereocenters. The van der Waals surface area contributed by atoms with E-state index in [1.807, 2.05) is 35.2 Å². The molecule has 2 aromatic carbocycles. The van der Waals surface area contributed by atoms with Gasteiger partial charge in [-0.15, -0.1) is 0 Å². The molecule has 0 saturated carbocycles. The maximum atomic E-state index is 12.8. The summed E-state index contributed by atoms with van der Waals surface area (Å²) in [6, 6.07) is 14.2. The standard InChI is InChI=1S/C23H29N3O4S/c1-17-8-9-21(25-18(2)27)22(16-17)31(29,30)24-13-10-19-11-14-26(15-12-19)23(28)20-6-4-3-5-7-20/h3-9,16,19,24H,10-15H2,1-2H3,(H,25,27). The van der Waals surface area contributed by atoms with Crippen molar-refractivity contribution in [3.05, 3.63) is 59.7 Å². The van der Waals surface area contributed by atoms with E-state index in [2.05, 4.69) is 10.0 Å². The maximum Gasteiger partial charge on any atom is 0.253 e. The summed E-state index contributed by atoms with van der Waals surface area (Å²) in [6.45, 7) is 4.82. The highest BCUT2D eigenvalue weighted by Crippen LogP contribution is 2.24. The number of aryl methyl sites for hydroxylation is 1. The largest absolute Gasteiger partial charge is 0.339 e. The van der Waals surface area contributed by atoms with Gasteiger partial charge in [0.25, 0.3) is 5.91 Å². The zero-order valence-electron chi connectivity index (χ0n) is 17.9. The Bertz CT molecular complexity index is 1030. The molecule has 0 aliphatic carbocycles. The third-order valence-electron chi connectivity index (χ3n) is 5.50. The second-order valence-corrected chi connectivity index (χ2v) is 9.70. The number of carbonyl (C=O) groups excluding carboxylic acids is 2. The molecule has 1 fully saturated rings. The molecule has 166 valence electrons. The van der Waals surface area contributed by atoms with Crippen LogP contribution in [0.15, 0.2) is 53.4 Å². The van der Waals surface area contributed by atoms with Crippen LogP contribution in [0.4, 0.5) is 5.69 Å². The lowest BCUT2D eigenvalue weighted by Gasteiger charge is -2.32. The van der Waals surface area contributed by atoms with Gasteiger partial charge in [-0.05, 0) is 61.9 Å². The monoisotopic (exact) mass is 443 g/mol. The van der Waals surface area contributed by atoms with Gasteiger partial charge in [0.05, 0.1) is 5.69 Å². The molecule has 1 saturated heterocycles. The van der Waals surface area contributed by atoms with Crippen LogP contribution in [-0.2, 0) is 14.8 Å². The number of likely N-dealkylation sites (tertiary alicyclic amines) is 1. The number of rotatable bonds is 7. The molecule has 8 heteroatoms. The Morgan fingerprint density at radius 3 is 2.39 bits per heavy atom. The molecule has 1 aliphatic heterocycles. The van der Waals surface area contributed by atoms with E-state index in [1.54, 1.807) is 25.1 Å². The molecule has 2 N–H and O–H groups in total. The molecule has 0 radical (unpaired) electrons. The van der Waals surface area contributed by atoms with Crippen LogP contribution >= 0.6 is 0 Å². The van der Waals surface area contributed by atoms with Crippen LogP contribution in [0.25, 0.3) is 0 Å². The van der Waals surface area contributed by atoms with Gasteiger partial charge in [-0.1, -0.05) is 24.3 Å². The number of amides is 2. The normalized spacial score (nSPS) is 15.0. The van der Waals surface area contributed by atoms with Crippen LogP contribution in [0.5, 0.6) is 0 Å². The second kappa shape index (κ2) is 10.1. The van der Waals surface area contributed by atoms with Crippen molar-refractivity contribution in [2.75, 3.05) is 25.0 Å². The number of benzene rings is 2. The Morgan fingerprint density at radius 2 is 1.74 bits per heavy atom. The molecule has 0 aromatic heterocycles. The molecule has 0 atom stereocenters. The molecule has 2 amide bonds. The molecule has 0 spiro atoms. The molecule has 1 aliphatic rings. The third-order valence-corrected chi connectivity index (χ3v) is 7.01. The topological polar surface area (TPSA) is 95.6 Å². The predicted molar refractivity (Wildman–Crippen MR) is 120 cm³/mol. The number of hydrogen-bond acceptors (Lipinski definition) is 4. The fourth-order valence-corrected chi connectivity index (χ4v) is 5.10. The smallest absolute Gasteiger partial charge is 0.253 e. The van der Waals surface area contributed by atoms with Gasteiger partial charge in [0.2, 0.25) is 15.9 Å². The Kier molecular flexibility index (Phi) is 7.46. The van der Waals surface area contributed by atoms with Gasteiger partial charge in [0, 0.05) is 32.1 Å². The highest BCUT2D eigenvalue weighted by Gasteiger charge is 2.24. The summed E-state index contributed by atoms with van der Waals surface area (Å²) >= 11 is 0. The molecule has 31 heavy (non-hydrogen) atoms. The van der Waals surface area contributed by atoms with Crippen LogP contribution in [0, 0.1) is 12.8 Å². The fraction of sp³-hybridized carbons (Fsp3) is 0.391. The Hall–Kier alpha value is -2.71. The van der Waals surface area contributed by atoms with Gasteiger partial charge in [0.15, 0.2) is 0 Å². The first-order valence-corrected chi connectivity index (χ1v) is 12.0. The first-order chi connectivity index (χ1) is 14.8. The second-order valence-electron chi connectivity index (χ2n) is 7.97. The van der Waals surface area contributed by atoms with Gasteiger partial charge in [0.1, 0.15) is 4.90 Å². The van der Waals surface area contributed by atoms with Crippen molar-refractivity contribution >= 4 is 27.5 Å². The average molecular weight is 444 g/mol. The minimum Gasteiger partial charge on any atom is -0.339 e. The number of hydrogen-bond donors (Lipinski definition) is 2. The molecular formula is C23H29N3O4S. The van der Waals surface area contributed by atoms with Crippen molar-refractivity contribution < 1.29 is 18.0 Å². The van der Waals surface area contributed by atoms with Crippen LogP contribution in [0.3, 0.4) is 0 Å². The van der Waals surface area contributed by atoms with Crippen molar-refractivity contribution in [1.29, 1.82) is 0 Å². The van der Waals surface area contributed by atoms with Crippen LogP contribution < -0.4 is 10.0 Å². The quantitative estimate of drug-likeness (QED) is 0.687. The number of piperidine rings is 1. The Labute approximate surface area is 183 Å². The molecule has 0 bridgehead atoms. The van der Waals surface area contributed by atoms with E-state index in [-0.39, 0.29) is 22.4 Å². The summed E-state index contributed by atoms with van der Waals surface area (Å²) in [7, 11) is -3.75. The summed E-state index contributed by atoms with van der Waals surface area (Å²) < 4.78 is 28.3. The van der Waals surface area contributed by atoms with Crippen LogP contribution in [0.2, 0.25) is 0 Å². The minimum atomic E-state index is -3.75. The molecule has 1 heterocycles. The highest BCUT2D eigenvalue weighted by molar-refractivity contribution is 7.89. The minimum absolute atomic E-state index is 0.0460. The lowest BCUT2D eigenvalue weighted by molar-refractivity contribution is -0.114. The van der Waals surface area contributed by atoms with Crippen molar-refractivity contribution in [2.45, 2.75) is 38.0 Å². The van der Waals surface area contributed by atoms with Crippen LogP contribution in [0.1, 0.15) is 42.1 Å². The van der Waals surface area contributed by atoms with Gasteiger partial charge in [-0.3, -0.25) is 9.59 Å². The van der Waals surface area contributed by atoms with E-state index in [9.17, 15) is 18.0 Å². The number of nitrogens with zero attached hydrogens (tertiary/aromatic N) is 1.